The fourth-order valence-corrected chi connectivity index (χ4v) is 6.82. The Morgan fingerprint density at radius 1 is 0.800 bits per heavy atom. The third-order valence-electron chi connectivity index (χ3n) is 3.53. The molecule has 0 spiro atoms. The maximum atomic E-state index is 5.77. The van der Waals surface area contributed by atoms with Crippen molar-refractivity contribution in [2.75, 3.05) is 47.7 Å². The molecule has 0 aromatic carbocycles. The smallest absolute Gasteiger partial charge is 0.376 e. The van der Waals surface area contributed by atoms with Crippen molar-refractivity contribution in [1.29, 1.82) is 0 Å². The molecule has 0 fully saturated rings. The first-order valence-corrected chi connectivity index (χ1v) is 12.7. The van der Waals surface area contributed by atoms with E-state index in [0.29, 0.717) is 26.4 Å². The summed E-state index contributed by atoms with van der Waals surface area (Å²) in [5, 5.41) is 0. The molecule has 154 valence electrons. The molecule has 0 aromatic heterocycles. The van der Waals surface area contributed by atoms with Gasteiger partial charge in [-0.25, -0.2) is 0 Å². The third kappa shape index (κ3) is 10.1. The highest BCUT2D eigenvalue weighted by Gasteiger charge is 2.44. The minimum absolute atomic E-state index is 0.137. The molecule has 25 heavy (non-hydrogen) atoms. The van der Waals surface area contributed by atoms with Gasteiger partial charge in [0.1, 0.15) is 0 Å². The first-order valence-electron chi connectivity index (χ1n) is 8.94. The summed E-state index contributed by atoms with van der Waals surface area (Å²) in [4.78, 5) is 0. The molecule has 0 radical (unpaired) electrons. The number of rotatable bonds is 14. The van der Waals surface area contributed by atoms with E-state index in [1.54, 1.807) is 21.3 Å². The van der Waals surface area contributed by atoms with Crippen LogP contribution in [0.1, 0.15) is 40.5 Å². The molecular weight excluding hydrogens is 360 g/mol. The van der Waals surface area contributed by atoms with E-state index in [1.807, 2.05) is 27.7 Å². The van der Waals surface area contributed by atoms with Gasteiger partial charge >= 0.3 is 17.6 Å². The van der Waals surface area contributed by atoms with Gasteiger partial charge < -0.3 is 38.0 Å². The Bertz CT molecular complexity index is 274. The molecule has 0 saturated carbocycles. The molecule has 10 heteroatoms. The van der Waals surface area contributed by atoms with Crippen molar-refractivity contribution in [1.82, 2.24) is 0 Å². The lowest BCUT2D eigenvalue weighted by molar-refractivity contribution is 0.0710. The van der Waals surface area contributed by atoms with Crippen molar-refractivity contribution in [3.63, 3.8) is 0 Å². The zero-order chi connectivity index (χ0) is 19.8. The lowest BCUT2D eigenvalue weighted by atomic mass is 10.5. The van der Waals surface area contributed by atoms with Crippen molar-refractivity contribution in [3.8, 4) is 0 Å². The van der Waals surface area contributed by atoms with E-state index in [4.69, 9.17) is 38.0 Å². The van der Waals surface area contributed by atoms with E-state index in [0.717, 1.165) is 18.9 Å². The van der Waals surface area contributed by atoms with Gasteiger partial charge in [0.05, 0.1) is 5.67 Å². The number of hydrogen-bond acceptors (Lipinski definition) is 8. The second-order valence-electron chi connectivity index (χ2n) is 5.10. The summed E-state index contributed by atoms with van der Waals surface area (Å²) in [6.07, 6.45) is 1.69. The number of hydrogen-bond donors (Lipinski definition) is 2. The van der Waals surface area contributed by atoms with Gasteiger partial charge in [0.25, 0.3) is 0 Å². The first kappa shape index (κ1) is 27.3. The summed E-state index contributed by atoms with van der Waals surface area (Å²) in [6, 6.07) is 0.818. The Kier molecular flexibility index (Phi) is 17.8. The fourth-order valence-electron chi connectivity index (χ4n) is 2.27. The van der Waals surface area contributed by atoms with Crippen LogP contribution in [-0.4, -0.2) is 71.0 Å². The summed E-state index contributed by atoms with van der Waals surface area (Å²) in [7, 11) is -0.247. The summed E-state index contributed by atoms with van der Waals surface area (Å²) in [6.45, 7) is 10.4. The second-order valence-corrected chi connectivity index (χ2v) is 11.0. The standard InChI is InChI=1S/C9H23NO3Si.C6H17NO3Si/c1-4-11-14(12-5-2,13-6-3)9-7-8-10;1-5-6(7)11(8-2,9-3)10-4/h4-10H2,1-3H3;6H,5,7H2,1-4H3. The van der Waals surface area contributed by atoms with Crippen molar-refractivity contribution < 1.29 is 26.6 Å². The maximum Gasteiger partial charge on any atom is 0.517 e. The highest BCUT2D eigenvalue weighted by molar-refractivity contribution is 6.62. The van der Waals surface area contributed by atoms with E-state index < -0.39 is 17.6 Å². The Labute approximate surface area is 156 Å². The molecule has 0 heterocycles. The van der Waals surface area contributed by atoms with E-state index in [1.165, 1.54) is 0 Å². The van der Waals surface area contributed by atoms with Gasteiger partial charge in [-0.3, -0.25) is 0 Å². The molecule has 1 atom stereocenters. The topological polar surface area (TPSA) is 107 Å². The molecule has 0 amide bonds. The molecule has 0 rings (SSSR count). The highest BCUT2D eigenvalue weighted by Crippen LogP contribution is 2.17. The van der Waals surface area contributed by atoms with E-state index in [9.17, 15) is 0 Å². The zero-order valence-electron chi connectivity index (χ0n) is 17.1. The SMILES string of the molecule is CCC(N)[Si](OC)(OC)OC.CCO[Si](CCCN)(OCC)OCC. The molecule has 8 nitrogen and oxygen atoms in total. The van der Waals surface area contributed by atoms with Crippen LogP contribution in [0.4, 0.5) is 0 Å². The highest BCUT2D eigenvalue weighted by atomic mass is 28.4. The van der Waals surface area contributed by atoms with Crippen LogP contribution in [0, 0.1) is 0 Å². The van der Waals surface area contributed by atoms with Gasteiger partial charge in [-0.05, 0) is 40.2 Å². The summed E-state index contributed by atoms with van der Waals surface area (Å²) < 4.78 is 32.4. The second kappa shape index (κ2) is 16.3. The van der Waals surface area contributed by atoms with Crippen molar-refractivity contribution in [3.05, 3.63) is 0 Å². The summed E-state index contributed by atoms with van der Waals surface area (Å²) in [5.41, 5.74) is 11.1. The van der Waals surface area contributed by atoms with Crippen molar-refractivity contribution in [2.24, 2.45) is 11.5 Å². The van der Waals surface area contributed by atoms with E-state index >= 15 is 0 Å². The molecule has 4 N–H and O–H groups in total. The van der Waals surface area contributed by atoms with Crippen LogP contribution in [0.2, 0.25) is 6.04 Å². The zero-order valence-corrected chi connectivity index (χ0v) is 19.1. The summed E-state index contributed by atoms with van der Waals surface area (Å²) >= 11 is 0. The fraction of sp³-hybridized carbons (Fsp3) is 1.00. The van der Waals surface area contributed by atoms with Gasteiger partial charge in [0.2, 0.25) is 0 Å². The van der Waals surface area contributed by atoms with Crippen LogP contribution >= 0.6 is 0 Å². The molecule has 0 bridgehead atoms. The Balaban J connectivity index is 0. The monoisotopic (exact) mass is 400 g/mol. The lowest BCUT2D eigenvalue weighted by Gasteiger charge is -2.28. The van der Waals surface area contributed by atoms with Gasteiger partial charge in [-0.1, -0.05) is 6.92 Å². The van der Waals surface area contributed by atoms with Gasteiger partial charge in [-0.15, -0.1) is 0 Å². The Morgan fingerprint density at radius 2 is 1.20 bits per heavy atom. The van der Waals surface area contributed by atoms with Crippen molar-refractivity contribution >= 4 is 17.6 Å². The average molecular weight is 401 g/mol. The quantitative estimate of drug-likeness (QED) is 0.423. The molecule has 0 aliphatic heterocycles. The Hall–Kier alpha value is 0.114. The van der Waals surface area contributed by atoms with Crippen LogP contribution in [0.15, 0.2) is 0 Å². The minimum Gasteiger partial charge on any atom is -0.376 e. The first-order chi connectivity index (χ1) is 11.9. The molecule has 0 aliphatic rings. The molecular formula is C15H40N2O6Si2. The third-order valence-corrected chi connectivity index (χ3v) is 9.70. The molecule has 0 saturated heterocycles. The minimum atomic E-state index is -2.54. The van der Waals surface area contributed by atoms with Crippen LogP contribution < -0.4 is 11.5 Å². The largest absolute Gasteiger partial charge is 0.517 e. The lowest BCUT2D eigenvalue weighted by Crippen LogP contribution is -2.58. The van der Waals surface area contributed by atoms with Gasteiger partial charge in [0, 0.05) is 47.2 Å². The van der Waals surface area contributed by atoms with E-state index in [-0.39, 0.29) is 5.67 Å². The molecule has 0 aliphatic carbocycles. The van der Waals surface area contributed by atoms with Crippen molar-refractivity contribution in [2.45, 2.75) is 52.2 Å². The van der Waals surface area contributed by atoms with E-state index in [2.05, 4.69) is 0 Å². The van der Waals surface area contributed by atoms with Crippen LogP contribution in [0.5, 0.6) is 0 Å². The predicted molar refractivity (Wildman–Crippen MR) is 104 cm³/mol. The molecule has 1 unspecified atom stereocenters. The van der Waals surface area contributed by atoms with Gasteiger partial charge in [0.15, 0.2) is 0 Å². The predicted octanol–water partition coefficient (Wildman–Crippen LogP) is 1.52. The van der Waals surface area contributed by atoms with Crippen LogP contribution in [0.3, 0.4) is 0 Å². The maximum absolute atomic E-state index is 5.77. The average Bonchev–Trinajstić information content (AvgIpc) is 2.63. The van der Waals surface area contributed by atoms with Crippen LogP contribution in [0.25, 0.3) is 0 Å². The van der Waals surface area contributed by atoms with Gasteiger partial charge in [-0.2, -0.15) is 0 Å². The normalized spacial score (nSPS) is 13.3. The molecule has 0 aromatic rings. The van der Waals surface area contributed by atoms with Crippen LogP contribution in [-0.2, 0) is 26.6 Å². The summed E-state index contributed by atoms with van der Waals surface area (Å²) in [5.74, 6) is 0. The Morgan fingerprint density at radius 3 is 1.40 bits per heavy atom. The number of nitrogens with two attached hydrogens (primary N) is 2.